The topological polar surface area (TPSA) is 65.0 Å². The lowest BCUT2D eigenvalue weighted by atomic mass is 9.97. The molecule has 0 N–H and O–H groups in total. The van der Waals surface area contributed by atoms with Gasteiger partial charge in [0.25, 0.3) is 0 Å². The minimum absolute atomic E-state index is 0.0798. The van der Waals surface area contributed by atoms with Crippen LogP contribution >= 0.6 is 11.6 Å². The van der Waals surface area contributed by atoms with E-state index in [1.165, 1.54) is 6.92 Å². The Morgan fingerprint density at radius 2 is 1.89 bits per heavy atom. The van der Waals surface area contributed by atoms with Crippen molar-refractivity contribution in [3.8, 4) is 0 Å². The van der Waals surface area contributed by atoms with Crippen molar-refractivity contribution in [2.75, 3.05) is 6.61 Å². The van der Waals surface area contributed by atoms with Gasteiger partial charge < -0.3 is 9.57 Å². The second kappa shape index (κ2) is 7.36. The van der Waals surface area contributed by atoms with Gasteiger partial charge in [-0.05, 0) is 32.6 Å². The molecule has 18 heavy (non-hydrogen) atoms. The molecule has 1 aliphatic carbocycles. The Morgan fingerprint density at radius 3 is 2.39 bits per heavy atom. The van der Waals surface area contributed by atoms with E-state index in [4.69, 9.17) is 21.2 Å². The van der Waals surface area contributed by atoms with Crippen molar-refractivity contribution in [1.29, 1.82) is 0 Å². The Kier molecular flexibility index (Phi) is 6.12. The molecule has 5 nitrogen and oxygen atoms in total. The zero-order valence-corrected chi connectivity index (χ0v) is 11.4. The van der Waals surface area contributed by atoms with E-state index in [2.05, 4.69) is 5.16 Å². The van der Waals surface area contributed by atoms with Crippen molar-refractivity contribution in [2.45, 2.75) is 51.0 Å². The van der Waals surface area contributed by atoms with Gasteiger partial charge in [-0.3, -0.25) is 4.79 Å². The van der Waals surface area contributed by atoms with Crippen molar-refractivity contribution in [3.63, 3.8) is 0 Å². The predicted molar refractivity (Wildman–Crippen MR) is 67.7 cm³/mol. The average molecular weight is 276 g/mol. The summed E-state index contributed by atoms with van der Waals surface area (Å²) in [4.78, 5) is 27.9. The first-order valence-electron chi connectivity index (χ1n) is 6.10. The van der Waals surface area contributed by atoms with Crippen LogP contribution in [-0.4, -0.2) is 35.6 Å². The normalized spacial score (nSPS) is 24.5. The molecule has 0 aromatic heterocycles. The number of hydrogen-bond acceptors (Lipinski definition) is 5. The molecule has 0 unspecified atom stereocenters. The summed E-state index contributed by atoms with van der Waals surface area (Å²) >= 11 is 5.97. The summed E-state index contributed by atoms with van der Waals surface area (Å²) in [6, 6.07) is 0. The van der Waals surface area contributed by atoms with Crippen LogP contribution in [0.5, 0.6) is 0 Å². The van der Waals surface area contributed by atoms with E-state index in [0.29, 0.717) is 0 Å². The third-order valence-corrected chi connectivity index (χ3v) is 3.14. The Labute approximate surface area is 111 Å². The molecule has 0 aromatic carbocycles. The first kappa shape index (κ1) is 15.0. The Bertz CT molecular complexity index is 335. The van der Waals surface area contributed by atoms with Crippen LogP contribution in [0.25, 0.3) is 0 Å². The zero-order valence-electron chi connectivity index (χ0n) is 10.6. The standard InChI is InChI=1S/C12H18ClNO4/c1-3-17-12(16)11(8(2)15)14-18-10-6-4-9(13)5-7-10/h9-10H,3-7H2,1-2H3/b14-11-. The second-order valence-corrected chi connectivity index (χ2v) is 4.81. The number of halogens is 1. The van der Waals surface area contributed by atoms with Crippen LogP contribution in [0.3, 0.4) is 0 Å². The summed E-state index contributed by atoms with van der Waals surface area (Å²) in [5.41, 5.74) is -0.287. The summed E-state index contributed by atoms with van der Waals surface area (Å²) in [6.45, 7) is 3.12. The quantitative estimate of drug-likeness (QED) is 0.253. The van der Waals surface area contributed by atoms with Crippen LogP contribution in [-0.2, 0) is 19.2 Å². The number of ketones is 1. The zero-order chi connectivity index (χ0) is 13.5. The Balaban J connectivity index is 2.55. The largest absolute Gasteiger partial charge is 0.461 e. The highest BCUT2D eigenvalue weighted by atomic mass is 35.5. The van der Waals surface area contributed by atoms with Crippen molar-refractivity contribution >= 4 is 29.1 Å². The fourth-order valence-electron chi connectivity index (χ4n) is 1.70. The van der Waals surface area contributed by atoms with Gasteiger partial charge in [0.2, 0.25) is 5.71 Å². The number of oxime groups is 1. The van der Waals surface area contributed by atoms with E-state index in [9.17, 15) is 9.59 Å². The van der Waals surface area contributed by atoms with Gasteiger partial charge in [0.1, 0.15) is 6.10 Å². The van der Waals surface area contributed by atoms with Crippen LogP contribution in [0, 0.1) is 0 Å². The number of carbonyl (C=O) groups is 2. The Hall–Kier alpha value is -1.10. The summed E-state index contributed by atoms with van der Waals surface area (Å²) in [7, 11) is 0. The third-order valence-electron chi connectivity index (χ3n) is 2.70. The van der Waals surface area contributed by atoms with Gasteiger partial charge in [-0.2, -0.15) is 0 Å². The lowest BCUT2D eigenvalue weighted by molar-refractivity contribution is -0.136. The van der Waals surface area contributed by atoms with Crippen LogP contribution in [0.4, 0.5) is 0 Å². The minimum Gasteiger partial charge on any atom is -0.461 e. The number of esters is 1. The lowest BCUT2D eigenvalue weighted by Crippen LogP contribution is -2.27. The van der Waals surface area contributed by atoms with Gasteiger partial charge in [0, 0.05) is 12.3 Å². The maximum absolute atomic E-state index is 11.4. The number of hydrogen-bond donors (Lipinski definition) is 0. The van der Waals surface area contributed by atoms with E-state index in [1.807, 2.05) is 0 Å². The van der Waals surface area contributed by atoms with E-state index in [-0.39, 0.29) is 23.8 Å². The van der Waals surface area contributed by atoms with E-state index >= 15 is 0 Å². The SMILES string of the molecule is CCOC(=O)/C(=N\OC1CCC(Cl)CC1)C(C)=O. The molecule has 1 fully saturated rings. The molecule has 0 radical (unpaired) electrons. The molecule has 0 aliphatic heterocycles. The van der Waals surface area contributed by atoms with Crippen molar-refractivity contribution in [2.24, 2.45) is 5.16 Å². The van der Waals surface area contributed by atoms with Gasteiger partial charge in [0.15, 0.2) is 5.78 Å². The molecular formula is C12H18ClNO4. The molecule has 0 aromatic rings. The van der Waals surface area contributed by atoms with Crippen LogP contribution in [0.1, 0.15) is 39.5 Å². The number of Topliss-reactive ketones (excluding diaryl/α,β-unsaturated/α-hetero) is 1. The van der Waals surface area contributed by atoms with E-state index in [1.54, 1.807) is 6.92 Å². The van der Waals surface area contributed by atoms with Crippen LogP contribution < -0.4 is 0 Å². The number of alkyl halides is 1. The molecule has 1 rings (SSSR count). The fraction of sp³-hybridized carbons (Fsp3) is 0.750. The molecular weight excluding hydrogens is 258 g/mol. The highest BCUT2D eigenvalue weighted by Crippen LogP contribution is 2.24. The van der Waals surface area contributed by atoms with Crippen molar-refractivity contribution in [1.82, 2.24) is 0 Å². The molecule has 0 bridgehead atoms. The highest BCUT2D eigenvalue weighted by molar-refractivity contribution is 6.63. The smallest absolute Gasteiger partial charge is 0.364 e. The monoisotopic (exact) mass is 275 g/mol. The van der Waals surface area contributed by atoms with Crippen molar-refractivity contribution in [3.05, 3.63) is 0 Å². The van der Waals surface area contributed by atoms with Crippen LogP contribution in [0.2, 0.25) is 0 Å². The number of rotatable bonds is 5. The summed E-state index contributed by atoms with van der Waals surface area (Å²) in [6.07, 6.45) is 3.20. The third kappa shape index (κ3) is 4.64. The van der Waals surface area contributed by atoms with E-state index in [0.717, 1.165) is 25.7 Å². The van der Waals surface area contributed by atoms with Crippen LogP contribution in [0.15, 0.2) is 5.16 Å². The summed E-state index contributed by atoms with van der Waals surface area (Å²) in [5.74, 6) is -1.20. The lowest BCUT2D eigenvalue weighted by Gasteiger charge is -2.23. The number of ether oxygens (including phenoxy) is 1. The van der Waals surface area contributed by atoms with Gasteiger partial charge >= 0.3 is 5.97 Å². The van der Waals surface area contributed by atoms with Gasteiger partial charge in [-0.1, -0.05) is 5.16 Å². The first-order chi connectivity index (χ1) is 8.54. The van der Waals surface area contributed by atoms with E-state index < -0.39 is 11.8 Å². The summed E-state index contributed by atoms with van der Waals surface area (Å²) in [5, 5.41) is 3.83. The molecule has 0 heterocycles. The van der Waals surface area contributed by atoms with Gasteiger partial charge in [0.05, 0.1) is 6.61 Å². The molecule has 1 aliphatic rings. The van der Waals surface area contributed by atoms with Crippen molar-refractivity contribution < 1.29 is 19.2 Å². The molecule has 0 amide bonds. The molecule has 0 atom stereocenters. The fourth-order valence-corrected chi connectivity index (χ4v) is 1.95. The Morgan fingerprint density at radius 1 is 1.28 bits per heavy atom. The highest BCUT2D eigenvalue weighted by Gasteiger charge is 2.23. The van der Waals surface area contributed by atoms with Gasteiger partial charge in [-0.15, -0.1) is 11.6 Å². The molecule has 0 saturated heterocycles. The second-order valence-electron chi connectivity index (χ2n) is 4.20. The maximum atomic E-state index is 11.4. The first-order valence-corrected chi connectivity index (χ1v) is 6.54. The molecule has 0 spiro atoms. The minimum atomic E-state index is -0.740. The molecule has 102 valence electrons. The number of carbonyl (C=O) groups excluding carboxylic acids is 2. The molecule has 1 saturated carbocycles. The summed E-state index contributed by atoms with van der Waals surface area (Å²) < 4.78 is 4.73. The maximum Gasteiger partial charge on any atom is 0.364 e. The predicted octanol–water partition coefficient (Wildman–Crippen LogP) is 2.06. The molecule has 6 heteroatoms. The number of nitrogens with zero attached hydrogens (tertiary/aromatic N) is 1. The van der Waals surface area contributed by atoms with Gasteiger partial charge in [-0.25, -0.2) is 4.79 Å². The average Bonchev–Trinajstić information content (AvgIpc) is 2.31.